The number of aromatic nitrogens is 2. The van der Waals surface area contributed by atoms with E-state index in [2.05, 4.69) is 22.2 Å². The van der Waals surface area contributed by atoms with Crippen molar-refractivity contribution >= 4 is 23.1 Å². The van der Waals surface area contributed by atoms with Gasteiger partial charge in [-0.25, -0.2) is 4.98 Å². The predicted molar refractivity (Wildman–Crippen MR) is 81.6 cm³/mol. The Hall–Kier alpha value is -2.21. The lowest BCUT2D eigenvalue weighted by Gasteiger charge is -2.15. The van der Waals surface area contributed by atoms with Gasteiger partial charge in [-0.2, -0.15) is 4.98 Å². The second-order valence-electron chi connectivity index (χ2n) is 4.59. The van der Waals surface area contributed by atoms with E-state index in [9.17, 15) is 10.1 Å². The number of nitro groups is 1. The van der Waals surface area contributed by atoms with Crippen LogP contribution >= 0.6 is 11.6 Å². The highest BCUT2D eigenvalue weighted by Gasteiger charge is 2.19. The third-order valence-corrected chi connectivity index (χ3v) is 3.36. The Morgan fingerprint density at radius 2 is 2.05 bits per heavy atom. The van der Waals surface area contributed by atoms with Gasteiger partial charge < -0.3 is 5.32 Å². The van der Waals surface area contributed by atoms with Crippen LogP contribution in [-0.2, 0) is 6.42 Å². The van der Waals surface area contributed by atoms with E-state index in [0.717, 1.165) is 18.2 Å². The maximum atomic E-state index is 11.0. The fraction of sp³-hybridized carbons (Fsp3) is 0.286. The van der Waals surface area contributed by atoms with Crippen molar-refractivity contribution in [1.82, 2.24) is 9.97 Å². The van der Waals surface area contributed by atoms with Gasteiger partial charge in [0.2, 0.25) is 11.1 Å². The molecule has 1 atom stereocenters. The molecular weight excluding hydrogens is 292 g/mol. The van der Waals surface area contributed by atoms with Gasteiger partial charge in [0.15, 0.2) is 0 Å². The summed E-state index contributed by atoms with van der Waals surface area (Å²) in [7, 11) is 0. The van der Waals surface area contributed by atoms with Crippen LogP contribution in [0.1, 0.15) is 31.0 Å². The number of hydrogen-bond acceptors (Lipinski definition) is 5. The lowest BCUT2D eigenvalue weighted by Crippen LogP contribution is -2.10. The Balaban J connectivity index is 2.24. The van der Waals surface area contributed by atoms with Crippen LogP contribution in [0.5, 0.6) is 0 Å². The smallest absolute Gasteiger partial charge is 0.329 e. The fourth-order valence-electron chi connectivity index (χ4n) is 1.92. The van der Waals surface area contributed by atoms with E-state index in [1.54, 1.807) is 0 Å². The van der Waals surface area contributed by atoms with Gasteiger partial charge in [-0.1, -0.05) is 31.2 Å². The lowest BCUT2D eigenvalue weighted by atomic mass is 10.1. The maximum absolute atomic E-state index is 11.0. The normalized spacial score (nSPS) is 12.0. The Labute approximate surface area is 127 Å². The van der Waals surface area contributed by atoms with Crippen molar-refractivity contribution in [2.75, 3.05) is 5.32 Å². The van der Waals surface area contributed by atoms with Gasteiger partial charge in [-0.3, -0.25) is 10.1 Å². The molecule has 0 aliphatic rings. The summed E-state index contributed by atoms with van der Waals surface area (Å²) < 4.78 is 0. The molecule has 7 heteroatoms. The second kappa shape index (κ2) is 6.49. The van der Waals surface area contributed by atoms with Gasteiger partial charge in [0.25, 0.3) is 0 Å². The molecule has 1 aromatic carbocycles. The Morgan fingerprint density at radius 1 is 1.38 bits per heavy atom. The molecule has 0 amide bonds. The first-order valence-electron chi connectivity index (χ1n) is 6.53. The van der Waals surface area contributed by atoms with Crippen LogP contribution in [0.2, 0.25) is 5.28 Å². The van der Waals surface area contributed by atoms with E-state index < -0.39 is 4.92 Å². The predicted octanol–water partition coefficient (Wildman–Crippen LogP) is 3.77. The van der Waals surface area contributed by atoms with Crippen LogP contribution in [0.4, 0.5) is 11.5 Å². The average Bonchev–Trinajstić information content (AvgIpc) is 2.47. The van der Waals surface area contributed by atoms with Crippen LogP contribution in [0.3, 0.4) is 0 Å². The molecule has 0 fully saturated rings. The molecule has 1 heterocycles. The van der Waals surface area contributed by atoms with Crippen LogP contribution in [-0.4, -0.2) is 14.9 Å². The molecule has 21 heavy (non-hydrogen) atoms. The molecule has 0 saturated carbocycles. The van der Waals surface area contributed by atoms with Crippen molar-refractivity contribution < 1.29 is 4.92 Å². The van der Waals surface area contributed by atoms with E-state index in [4.69, 9.17) is 11.6 Å². The largest absolute Gasteiger partial charge is 0.358 e. The number of nitrogens with one attached hydrogen (secondary N) is 1. The van der Waals surface area contributed by atoms with E-state index in [1.165, 1.54) is 5.56 Å². The molecule has 6 nitrogen and oxygen atoms in total. The molecule has 0 spiro atoms. The molecule has 0 saturated heterocycles. The number of benzene rings is 1. The molecule has 2 rings (SSSR count). The van der Waals surface area contributed by atoms with Crippen LogP contribution in [0, 0.1) is 10.1 Å². The topological polar surface area (TPSA) is 81.0 Å². The van der Waals surface area contributed by atoms with E-state index in [-0.39, 0.29) is 22.8 Å². The summed E-state index contributed by atoms with van der Waals surface area (Å²) in [5.41, 5.74) is 2.05. The summed E-state index contributed by atoms with van der Waals surface area (Å²) in [4.78, 5) is 18.0. The minimum absolute atomic E-state index is 0.0309. The molecule has 1 N–H and O–H groups in total. The Bertz CT molecular complexity index is 646. The lowest BCUT2D eigenvalue weighted by molar-refractivity contribution is -0.384. The first-order chi connectivity index (χ1) is 10.0. The van der Waals surface area contributed by atoms with Crippen molar-refractivity contribution in [2.24, 2.45) is 0 Å². The molecule has 1 aromatic heterocycles. The summed E-state index contributed by atoms with van der Waals surface area (Å²) in [5.74, 6) is 0.118. The zero-order valence-corrected chi connectivity index (χ0v) is 12.5. The van der Waals surface area contributed by atoms with Crippen LogP contribution < -0.4 is 5.32 Å². The number of anilines is 1. The van der Waals surface area contributed by atoms with Crippen molar-refractivity contribution in [3.63, 3.8) is 0 Å². The van der Waals surface area contributed by atoms with Crippen molar-refractivity contribution in [3.8, 4) is 0 Å². The third-order valence-electron chi connectivity index (χ3n) is 3.18. The zero-order valence-electron chi connectivity index (χ0n) is 11.7. The monoisotopic (exact) mass is 306 g/mol. The quantitative estimate of drug-likeness (QED) is 0.516. The molecule has 0 radical (unpaired) electrons. The van der Waals surface area contributed by atoms with Gasteiger partial charge in [-0.05, 0) is 36.1 Å². The number of rotatable bonds is 5. The van der Waals surface area contributed by atoms with Gasteiger partial charge in [-0.15, -0.1) is 0 Å². The maximum Gasteiger partial charge on any atom is 0.329 e. The number of hydrogen-bond donors (Lipinski definition) is 1. The molecule has 0 aliphatic heterocycles. The highest BCUT2D eigenvalue weighted by Crippen LogP contribution is 2.26. The Morgan fingerprint density at radius 3 is 2.62 bits per heavy atom. The SMILES string of the molecule is CCc1ccc(C(C)Nc2nc(Cl)ncc2[N+](=O)[O-])cc1. The number of aryl methyl sites for hydroxylation is 1. The number of nitrogens with zero attached hydrogens (tertiary/aromatic N) is 3. The minimum atomic E-state index is -0.536. The summed E-state index contributed by atoms with van der Waals surface area (Å²) in [6.45, 7) is 3.99. The standard InChI is InChI=1S/C14H15ClN4O2/c1-3-10-4-6-11(7-5-10)9(2)17-13-12(19(20)21)8-16-14(15)18-13/h4-9H,3H2,1-2H3,(H,16,17,18). The summed E-state index contributed by atoms with van der Waals surface area (Å²) in [5, 5.41) is 14.0. The highest BCUT2D eigenvalue weighted by atomic mass is 35.5. The summed E-state index contributed by atoms with van der Waals surface area (Å²) in [6.07, 6.45) is 2.07. The van der Waals surface area contributed by atoms with Gasteiger partial charge >= 0.3 is 5.69 Å². The van der Waals surface area contributed by atoms with Gasteiger partial charge in [0, 0.05) is 0 Å². The minimum Gasteiger partial charge on any atom is -0.358 e. The van der Waals surface area contributed by atoms with Gasteiger partial charge in [0.1, 0.15) is 6.20 Å². The van der Waals surface area contributed by atoms with E-state index in [1.807, 2.05) is 31.2 Å². The van der Waals surface area contributed by atoms with E-state index >= 15 is 0 Å². The first kappa shape index (κ1) is 15.2. The highest BCUT2D eigenvalue weighted by molar-refractivity contribution is 6.28. The van der Waals surface area contributed by atoms with Crippen molar-refractivity contribution in [3.05, 3.63) is 57.0 Å². The average molecular weight is 307 g/mol. The molecular formula is C14H15ClN4O2. The molecule has 0 bridgehead atoms. The molecule has 2 aromatic rings. The molecule has 1 unspecified atom stereocenters. The Kier molecular flexibility index (Phi) is 4.70. The van der Waals surface area contributed by atoms with Gasteiger partial charge in [0.05, 0.1) is 11.0 Å². The first-order valence-corrected chi connectivity index (χ1v) is 6.91. The van der Waals surface area contributed by atoms with Crippen molar-refractivity contribution in [2.45, 2.75) is 26.3 Å². The van der Waals surface area contributed by atoms with E-state index in [0.29, 0.717) is 0 Å². The summed E-state index contributed by atoms with van der Waals surface area (Å²) in [6, 6.07) is 7.92. The number of halogens is 1. The van der Waals surface area contributed by atoms with Crippen LogP contribution in [0.15, 0.2) is 30.5 Å². The summed E-state index contributed by atoms with van der Waals surface area (Å²) >= 11 is 5.71. The second-order valence-corrected chi connectivity index (χ2v) is 4.93. The van der Waals surface area contributed by atoms with Crippen LogP contribution in [0.25, 0.3) is 0 Å². The van der Waals surface area contributed by atoms with Crippen molar-refractivity contribution in [1.29, 1.82) is 0 Å². The molecule has 110 valence electrons. The zero-order chi connectivity index (χ0) is 15.4. The molecule has 0 aliphatic carbocycles. The fourth-order valence-corrected chi connectivity index (χ4v) is 2.06. The third kappa shape index (κ3) is 3.66.